The smallest absolute Gasteiger partial charge is 0.189 e. The molecule has 2 rings (SSSR count). The van der Waals surface area contributed by atoms with Crippen LogP contribution in [0, 0.1) is 0 Å². The molecule has 0 unspecified atom stereocenters. The summed E-state index contributed by atoms with van der Waals surface area (Å²) in [4.78, 5) is 12.4. The minimum atomic E-state index is 0.700. The van der Waals surface area contributed by atoms with E-state index < -0.39 is 0 Å². The van der Waals surface area contributed by atoms with E-state index in [4.69, 9.17) is 0 Å². The Kier molecular flexibility index (Phi) is 4.32. The van der Waals surface area contributed by atoms with Crippen LogP contribution in [0.5, 0.6) is 0 Å². The average Bonchev–Trinajstić information content (AvgIpc) is 2.83. The second-order valence-electron chi connectivity index (χ2n) is 3.16. The molecule has 0 bridgehead atoms. The maximum atomic E-state index is 4.20. The molecule has 0 fully saturated rings. The summed E-state index contributed by atoms with van der Waals surface area (Å²) in [5.41, 5.74) is 0. The fourth-order valence-corrected chi connectivity index (χ4v) is 2.38. The number of nitrogens with one attached hydrogen (secondary N) is 2. The topological polar surface area (TPSA) is 79.4 Å². The molecule has 0 spiro atoms. The van der Waals surface area contributed by atoms with Crippen molar-refractivity contribution in [3.63, 3.8) is 0 Å². The van der Waals surface area contributed by atoms with Crippen LogP contribution in [0.25, 0.3) is 0 Å². The molecule has 0 atom stereocenters. The zero-order valence-corrected chi connectivity index (χ0v) is 11.5. The first kappa shape index (κ1) is 12.3. The van der Waals surface area contributed by atoms with E-state index in [1.54, 1.807) is 0 Å². The molecule has 0 aliphatic rings. The summed E-state index contributed by atoms with van der Waals surface area (Å²) < 4.78 is 0.842. The van der Waals surface area contributed by atoms with Crippen LogP contribution in [0.2, 0.25) is 0 Å². The van der Waals surface area contributed by atoms with Gasteiger partial charge in [0.05, 0.1) is 4.47 Å². The lowest BCUT2D eigenvalue weighted by Crippen LogP contribution is -2.03. The monoisotopic (exact) mass is 314 g/mol. The zero-order chi connectivity index (χ0) is 12.1. The lowest BCUT2D eigenvalue weighted by molar-refractivity contribution is 0.937. The van der Waals surface area contributed by atoms with Crippen molar-refractivity contribution in [1.29, 1.82) is 0 Å². The van der Waals surface area contributed by atoms with Gasteiger partial charge in [0.15, 0.2) is 5.16 Å². The van der Waals surface area contributed by atoms with E-state index in [0.29, 0.717) is 5.16 Å². The van der Waals surface area contributed by atoms with Gasteiger partial charge in [-0.25, -0.2) is 15.0 Å². The van der Waals surface area contributed by atoms with Gasteiger partial charge in [-0.3, -0.25) is 5.10 Å². The molecule has 2 aromatic heterocycles. The van der Waals surface area contributed by atoms with E-state index in [2.05, 4.69) is 53.3 Å². The van der Waals surface area contributed by atoms with Gasteiger partial charge in [-0.2, -0.15) is 5.10 Å². The first-order chi connectivity index (χ1) is 8.31. The van der Waals surface area contributed by atoms with E-state index in [-0.39, 0.29) is 0 Å². The maximum Gasteiger partial charge on any atom is 0.189 e. The zero-order valence-electron chi connectivity index (χ0n) is 9.14. The van der Waals surface area contributed by atoms with Crippen molar-refractivity contribution in [2.24, 2.45) is 0 Å². The van der Waals surface area contributed by atoms with Crippen LogP contribution in [0.4, 0.5) is 5.82 Å². The second-order valence-corrected chi connectivity index (χ2v) is 4.93. The molecule has 8 heteroatoms. The average molecular weight is 315 g/mol. The van der Waals surface area contributed by atoms with Crippen molar-refractivity contribution in [2.75, 3.05) is 11.9 Å². The van der Waals surface area contributed by atoms with Crippen LogP contribution >= 0.6 is 27.7 Å². The Morgan fingerprint density at radius 2 is 2.24 bits per heavy atom. The van der Waals surface area contributed by atoms with Gasteiger partial charge < -0.3 is 5.32 Å². The molecule has 0 aromatic carbocycles. The molecule has 2 aromatic rings. The SMILES string of the molecule is CCCNc1ncnc(Sc2ncn[nH]2)c1Br. The van der Waals surface area contributed by atoms with Crippen molar-refractivity contribution in [2.45, 2.75) is 23.5 Å². The summed E-state index contributed by atoms with van der Waals surface area (Å²) in [6.45, 7) is 2.98. The first-order valence-corrected chi connectivity index (χ1v) is 6.69. The van der Waals surface area contributed by atoms with Crippen molar-refractivity contribution in [3.05, 3.63) is 17.1 Å². The van der Waals surface area contributed by atoms with Crippen LogP contribution in [0.15, 0.2) is 27.3 Å². The third-order valence-corrected chi connectivity index (χ3v) is 3.79. The summed E-state index contributed by atoms with van der Waals surface area (Å²) >= 11 is 4.89. The van der Waals surface area contributed by atoms with Gasteiger partial charge in [-0.05, 0) is 34.1 Å². The number of aromatic nitrogens is 5. The van der Waals surface area contributed by atoms with Crippen molar-refractivity contribution < 1.29 is 0 Å². The highest BCUT2D eigenvalue weighted by Gasteiger charge is 2.10. The van der Waals surface area contributed by atoms with Crippen LogP contribution < -0.4 is 5.32 Å². The number of nitrogens with zero attached hydrogens (tertiary/aromatic N) is 4. The van der Waals surface area contributed by atoms with E-state index in [9.17, 15) is 0 Å². The Balaban J connectivity index is 2.17. The third-order valence-electron chi connectivity index (χ3n) is 1.89. The molecule has 0 radical (unpaired) electrons. The standard InChI is InChI=1S/C9H11BrN6S/c1-2-3-11-7-6(10)8(13-4-12-7)17-9-14-5-15-16-9/h4-5H,2-3H2,1H3,(H,11,12,13)(H,14,15,16). The molecule has 0 aliphatic heterocycles. The number of hydrogen-bond donors (Lipinski definition) is 2. The molecule has 17 heavy (non-hydrogen) atoms. The number of halogens is 1. The summed E-state index contributed by atoms with van der Waals surface area (Å²) in [7, 11) is 0. The summed E-state index contributed by atoms with van der Waals surface area (Å²) in [5, 5.41) is 11.3. The van der Waals surface area contributed by atoms with Crippen molar-refractivity contribution >= 4 is 33.5 Å². The highest BCUT2D eigenvalue weighted by molar-refractivity contribution is 9.10. The highest BCUT2D eigenvalue weighted by Crippen LogP contribution is 2.32. The minimum absolute atomic E-state index is 0.700. The Labute approximate surface area is 111 Å². The highest BCUT2D eigenvalue weighted by atomic mass is 79.9. The molecule has 0 amide bonds. The number of hydrogen-bond acceptors (Lipinski definition) is 6. The van der Waals surface area contributed by atoms with E-state index in [0.717, 1.165) is 28.3 Å². The van der Waals surface area contributed by atoms with Gasteiger partial charge >= 0.3 is 0 Å². The lowest BCUT2D eigenvalue weighted by atomic mass is 10.4. The molecule has 0 saturated heterocycles. The Morgan fingerprint density at radius 3 is 2.94 bits per heavy atom. The van der Waals surface area contributed by atoms with Crippen molar-refractivity contribution in [1.82, 2.24) is 25.1 Å². The lowest BCUT2D eigenvalue weighted by Gasteiger charge is -2.07. The molecule has 6 nitrogen and oxygen atoms in total. The van der Waals surface area contributed by atoms with E-state index >= 15 is 0 Å². The molecule has 0 aliphatic carbocycles. The van der Waals surface area contributed by atoms with E-state index in [1.807, 2.05) is 0 Å². The second kappa shape index (κ2) is 5.97. The predicted molar refractivity (Wildman–Crippen MR) is 69.0 cm³/mol. The number of rotatable bonds is 5. The fraction of sp³-hybridized carbons (Fsp3) is 0.333. The first-order valence-electron chi connectivity index (χ1n) is 5.09. The van der Waals surface area contributed by atoms with Crippen LogP contribution in [0.3, 0.4) is 0 Å². The van der Waals surface area contributed by atoms with Gasteiger partial charge in [0.2, 0.25) is 0 Å². The van der Waals surface area contributed by atoms with Gasteiger partial charge in [-0.1, -0.05) is 6.92 Å². The van der Waals surface area contributed by atoms with Crippen LogP contribution in [-0.4, -0.2) is 31.7 Å². The Hall–Kier alpha value is -1.15. The van der Waals surface area contributed by atoms with Crippen LogP contribution in [-0.2, 0) is 0 Å². The molecule has 90 valence electrons. The quantitative estimate of drug-likeness (QED) is 0.825. The predicted octanol–water partition coefficient (Wildman–Crippen LogP) is 2.33. The summed E-state index contributed by atoms with van der Waals surface area (Å²) in [6.07, 6.45) is 4.04. The van der Waals surface area contributed by atoms with Crippen LogP contribution in [0.1, 0.15) is 13.3 Å². The number of H-pyrrole nitrogens is 1. The summed E-state index contributed by atoms with van der Waals surface area (Å²) in [5.74, 6) is 0.795. The van der Waals surface area contributed by atoms with Gasteiger partial charge in [0, 0.05) is 6.54 Å². The van der Waals surface area contributed by atoms with Gasteiger partial charge in [0.25, 0.3) is 0 Å². The molecule has 0 saturated carbocycles. The largest absolute Gasteiger partial charge is 0.369 e. The molecular formula is C9H11BrN6S. The van der Waals surface area contributed by atoms with Crippen molar-refractivity contribution in [3.8, 4) is 0 Å². The third kappa shape index (κ3) is 3.16. The normalized spacial score (nSPS) is 10.5. The summed E-state index contributed by atoms with van der Waals surface area (Å²) in [6, 6.07) is 0. The number of anilines is 1. The minimum Gasteiger partial charge on any atom is -0.369 e. The molecular weight excluding hydrogens is 304 g/mol. The van der Waals surface area contributed by atoms with Gasteiger partial charge in [-0.15, -0.1) is 0 Å². The molecule has 2 heterocycles. The maximum absolute atomic E-state index is 4.20. The Morgan fingerprint density at radius 1 is 1.35 bits per heavy atom. The van der Waals surface area contributed by atoms with Gasteiger partial charge in [0.1, 0.15) is 23.5 Å². The molecule has 2 N–H and O–H groups in total. The fourth-order valence-electron chi connectivity index (χ4n) is 1.13. The number of aromatic amines is 1. The van der Waals surface area contributed by atoms with E-state index in [1.165, 1.54) is 24.4 Å². The Bertz CT molecular complexity index is 474.